The Bertz CT molecular complexity index is 594. The van der Waals surface area contributed by atoms with E-state index >= 15 is 0 Å². The lowest BCUT2D eigenvalue weighted by atomic mass is 9.80. The molecule has 2 unspecified atom stereocenters. The Morgan fingerprint density at radius 1 is 1.25 bits per heavy atom. The van der Waals surface area contributed by atoms with Gasteiger partial charge < -0.3 is 40.7 Å². The molecule has 1 rings (SSSR count). The first-order chi connectivity index (χ1) is 12.8. The summed E-state index contributed by atoms with van der Waals surface area (Å²) >= 11 is 0. The Labute approximate surface area is 158 Å². The molecule has 0 radical (unpaired) electrons. The molecule has 1 aliphatic heterocycles. The number of amides is 1. The van der Waals surface area contributed by atoms with Gasteiger partial charge in [0.2, 0.25) is 17.3 Å². The van der Waals surface area contributed by atoms with Crippen molar-refractivity contribution in [3.63, 3.8) is 0 Å². The highest BCUT2D eigenvalue weighted by molar-refractivity contribution is 5.80. The van der Waals surface area contributed by atoms with Crippen molar-refractivity contribution in [2.45, 2.75) is 62.6 Å². The lowest BCUT2D eigenvalue weighted by Gasteiger charge is -2.51. The third-order valence-electron chi connectivity index (χ3n) is 4.03. The molecule has 0 aromatic heterocycles. The van der Waals surface area contributed by atoms with Crippen LogP contribution in [-0.4, -0.2) is 96.9 Å². The summed E-state index contributed by atoms with van der Waals surface area (Å²) in [6, 6.07) is -1.97. The maximum absolute atomic E-state index is 12.1. The predicted octanol–water partition coefficient (Wildman–Crippen LogP) is -4.64. The van der Waals surface area contributed by atoms with Crippen LogP contribution in [0.3, 0.4) is 0 Å². The van der Waals surface area contributed by atoms with Crippen LogP contribution in [-0.2, 0) is 33.9 Å². The standard InChI is InChI=1S/C14H23NO13/c1-5(17)11(21)26-28-27-12(22)13(3,23)14(24)10(15-6(2)18)9(20)8(19)7(4-16)25-14/h5,7-10,16-17,19-20,23-24H,4H2,1-3H3,(H,15,18)/t5?,7-,8-,9+,10-,13?,14-/m1/s1. The number of aliphatic hydroxyl groups is 6. The smallest absolute Gasteiger partial charge is 0.383 e. The highest BCUT2D eigenvalue weighted by atomic mass is 17.5. The van der Waals surface area contributed by atoms with Crippen LogP contribution in [0, 0.1) is 0 Å². The van der Waals surface area contributed by atoms with E-state index in [4.69, 9.17) is 9.84 Å². The van der Waals surface area contributed by atoms with E-state index in [0.29, 0.717) is 6.92 Å². The van der Waals surface area contributed by atoms with Crippen molar-refractivity contribution >= 4 is 17.8 Å². The molecule has 0 saturated carbocycles. The van der Waals surface area contributed by atoms with Gasteiger partial charge in [0.25, 0.3) is 0 Å². The van der Waals surface area contributed by atoms with Gasteiger partial charge in [0.15, 0.2) is 6.10 Å². The summed E-state index contributed by atoms with van der Waals surface area (Å²) < 4.78 is 5.00. The van der Waals surface area contributed by atoms with E-state index in [1.807, 2.05) is 5.32 Å². The van der Waals surface area contributed by atoms with Crippen molar-refractivity contribution in [1.82, 2.24) is 5.32 Å². The molecule has 7 atom stereocenters. The number of hydrogen-bond donors (Lipinski definition) is 7. The van der Waals surface area contributed by atoms with Crippen molar-refractivity contribution in [3.8, 4) is 0 Å². The fourth-order valence-electron chi connectivity index (χ4n) is 2.37. The Morgan fingerprint density at radius 2 is 1.82 bits per heavy atom. The highest BCUT2D eigenvalue weighted by Crippen LogP contribution is 2.37. The van der Waals surface area contributed by atoms with Gasteiger partial charge >= 0.3 is 11.9 Å². The number of hydrogen-bond acceptors (Lipinski definition) is 13. The zero-order valence-corrected chi connectivity index (χ0v) is 15.1. The zero-order chi connectivity index (χ0) is 21.9. The minimum absolute atomic E-state index is 0.642. The first-order valence-corrected chi connectivity index (χ1v) is 7.93. The molecule has 14 nitrogen and oxygen atoms in total. The Hall–Kier alpha value is -1.91. The minimum Gasteiger partial charge on any atom is -0.394 e. The number of ether oxygens (including phenoxy) is 1. The summed E-state index contributed by atoms with van der Waals surface area (Å²) in [6.45, 7) is 1.69. The average molecular weight is 413 g/mol. The molecular formula is C14H23NO13. The van der Waals surface area contributed by atoms with Gasteiger partial charge in [-0.05, 0) is 13.8 Å². The summed E-state index contributed by atoms with van der Waals surface area (Å²) in [6.07, 6.45) is -7.10. The number of nitrogens with one attached hydrogen (secondary N) is 1. The third kappa shape index (κ3) is 4.73. The van der Waals surface area contributed by atoms with Crippen LogP contribution in [0.25, 0.3) is 0 Å². The van der Waals surface area contributed by atoms with Gasteiger partial charge in [-0.25, -0.2) is 9.59 Å². The summed E-state index contributed by atoms with van der Waals surface area (Å²) in [7, 11) is 0. The molecule has 1 amide bonds. The number of aliphatic hydroxyl groups excluding tert-OH is 4. The minimum atomic E-state index is -3.14. The van der Waals surface area contributed by atoms with Crippen molar-refractivity contribution in [1.29, 1.82) is 0 Å². The van der Waals surface area contributed by atoms with Crippen LogP contribution < -0.4 is 5.32 Å². The topological polar surface area (TPSA) is 222 Å². The Morgan fingerprint density at radius 3 is 2.29 bits per heavy atom. The number of carbonyl (C=O) groups is 3. The molecule has 1 fully saturated rings. The van der Waals surface area contributed by atoms with E-state index < -0.39 is 66.3 Å². The molecule has 7 N–H and O–H groups in total. The van der Waals surface area contributed by atoms with Crippen LogP contribution in [0.1, 0.15) is 20.8 Å². The lowest BCUT2D eigenvalue weighted by molar-refractivity contribution is -0.469. The molecule has 28 heavy (non-hydrogen) atoms. The van der Waals surface area contributed by atoms with Crippen molar-refractivity contribution < 1.29 is 64.6 Å². The second-order valence-corrected chi connectivity index (χ2v) is 6.28. The SMILES string of the molecule is CC(=O)N[C@@H]1[C@@H](O)[C@H](O)[C@@H](CO)O[C@@]1(O)C(C)(O)C(=O)OOOC(=O)C(C)O. The third-order valence-corrected chi connectivity index (χ3v) is 4.03. The van der Waals surface area contributed by atoms with E-state index in [1.54, 1.807) is 0 Å². The molecule has 0 spiro atoms. The van der Waals surface area contributed by atoms with Crippen LogP contribution >= 0.6 is 0 Å². The molecule has 0 aromatic rings. The van der Waals surface area contributed by atoms with Crippen molar-refractivity contribution in [2.75, 3.05) is 6.61 Å². The van der Waals surface area contributed by atoms with Crippen LogP contribution in [0.2, 0.25) is 0 Å². The molecule has 162 valence electrons. The highest BCUT2D eigenvalue weighted by Gasteiger charge is 2.66. The maximum Gasteiger partial charge on any atom is 0.383 e. The molecule has 1 saturated heterocycles. The Kier molecular flexibility index (Phi) is 7.81. The lowest BCUT2D eigenvalue weighted by Crippen LogP contribution is -2.78. The quantitative estimate of drug-likeness (QED) is 0.154. The van der Waals surface area contributed by atoms with E-state index in [9.17, 15) is 39.9 Å². The number of rotatable bonds is 7. The van der Waals surface area contributed by atoms with Crippen molar-refractivity contribution in [3.05, 3.63) is 0 Å². The van der Waals surface area contributed by atoms with E-state index in [2.05, 4.69) is 14.8 Å². The van der Waals surface area contributed by atoms with Gasteiger partial charge in [0.1, 0.15) is 24.4 Å². The van der Waals surface area contributed by atoms with Gasteiger partial charge in [-0.3, -0.25) is 14.6 Å². The maximum atomic E-state index is 12.1. The average Bonchev–Trinajstić information content (AvgIpc) is 2.60. The van der Waals surface area contributed by atoms with E-state index in [0.717, 1.165) is 13.8 Å². The monoisotopic (exact) mass is 413 g/mol. The number of carbonyl (C=O) groups excluding carboxylic acids is 3. The van der Waals surface area contributed by atoms with Crippen LogP contribution in [0.15, 0.2) is 0 Å². The van der Waals surface area contributed by atoms with Gasteiger partial charge in [-0.1, -0.05) is 0 Å². The normalized spacial score (nSPS) is 33.3. The summed E-state index contributed by atoms with van der Waals surface area (Å²) in [5.74, 6) is -7.15. The first-order valence-electron chi connectivity index (χ1n) is 7.93. The molecule has 0 aromatic carbocycles. The van der Waals surface area contributed by atoms with E-state index in [1.165, 1.54) is 0 Å². The van der Waals surface area contributed by atoms with Crippen molar-refractivity contribution in [2.24, 2.45) is 0 Å². The molecule has 1 heterocycles. The summed E-state index contributed by atoms with van der Waals surface area (Å²) in [5, 5.41) is 65.3. The predicted molar refractivity (Wildman–Crippen MR) is 82.1 cm³/mol. The van der Waals surface area contributed by atoms with Crippen LogP contribution in [0.5, 0.6) is 0 Å². The second kappa shape index (κ2) is 9.06. The molecular weight excluding hydrogens is 390 g/mol. The van der Waals surface area contributed by atoms with Gasteiger partial charge in [-0.2, -0.15) is 0 Å². The molecule has 1 aliphatic rings. The molecule has 0 bridgehead atoms. The molecule has 14 heteroatoms. The summed E-state index contributed by atoms with van der Waals surface area (Å²) in [5.41, 5.74) is -3.11. The van der Waals surface area contributed by atoms with Gasteiger partial charge in [0, 0.05) is 12.0 Å². The van der Waals surface area contributed by atoms with Gasteiger partial charge in [0.05, 0.1) is 6.61 Å². The van der Waals surface area contributed by atoms with E-state index in [-0.39, 0.29) is 0 Å². The fourth-order valence-corrected chi connectivity index (χ4v) is 2.37. The largest absolute Gasteiger partial charge is 0.394 e. The van der Waals surface area contributed by atoms with Gasteiger partial charge in [-0.15, -0.1) is 0 Å². The van der Waals surface area contributed by atoms with Crippen LogP contribution in [0.4, 0.5) is 0 Å². The molecule has 0 aliphatic carbocycles. The second-order valence-electron chi connectivity index (χ2n) is 6.28. The first kappa shape index (κ1) is 24.1. The Balaban J connectivity index is 3.10. The fraction of sp³-hybridized carbons (Fsp3) is 0.786. The summed E-state index contributed by atoms with van der Waals surface area (Å²) in [4.78, 5) is 42.4. The zero-order valence-electron chi connectivity index (χ0n) is 15.1.